The van der Waals surface area contributed by atoms with E-state index in [1.807, 2.05) is 24.3 Å². The zero-order valence-electron chi connectivity index (χ0n) is 13.7. The number of nitrogens with one attached hydrogen (secondary N) is 3. The molecule has 2 heterocycles. The molecule has 7 nitrogen and oxygen atoms in total. The number of aromatic nitrogens is 2. The summed E-state index contributed by atoms with van der Waals surface area (Å²) in [6, 6.07) is 12.8. The van der Waals surface area contributed by atoms with E-state index in [-0.39, 0.29) is 5.91 Å². The molecule has 25 heavy (non-hydrogen) atoms. The number of H-pyrrole nitrogens is 1. The van der Waals surface area contributed by atoms with Crippen LogP contribution in [0.25, 0.3) is 11.0 Å². The number of imidazole rings is 1. The molecule has 4 rings (SSSR count). The van der Waals surface area contributed by atoms with E-state index in [4.69, 9.17) is 5.73 Å². The standard InChI is InChI=1S/C18H20N6O/c19-13-5-1-2-6-14(13)21-17(25)12-4-3-7-15-16(12)23-18(22-15)24-10-8-20-9-11-24/h1-7,20H,8-11,19H2,(H,21,25)(H,22,23). The number of amides is 1. The number of carbonyl (C=O) groups is 1. The number of benzene rings is 2. The summed E-state index contributed by atoms with van der Waals surface area (Å²) >= 11 is 0. The van der Waals surface area contributed by atoms with Crippen molar-refractivity contribution in [2.75, 3.05) is 42.1 Å². The predicted molar refractivity (Wildman–Crippen MR) is 100.0 cm³/mol. The van der Waals surface area contributed by atoms with Crippen LogP contribution in [0.2, 0.25) is 0 Å². The summed E-state index contributed by atoms with van der Waals surface area (Å²) in [7, 11) is 0. The van der Waals surface area contributed by atoms with E-state index in [9.17, 15) is 4.79 Å². The Kier molecular flexibility index (Phi) is 3.99. The fraction of sp³-hybridized carbons (Fsp3) is 0.222. The Labute approximate surface area is 145 Å². The summed E-state index contributed by atoms with van der Waals surface area (Å²) in [6.45, 7) is 3.64. The van der Waals surface area contributed by atoms with Crippen molar-refractivity contribution in [3.05, 3.63) is 48.0 Å². The monoisotopic (exact) mass is 336 g/mol. The largest absolute Gasteiger partial charge is 0.397 e. The van der Waals surface area contributed by atoms with Crippen molar-refractivity contribution in [1.82, 2.24) is 15.3 Å². The van der Waals surface area contributed by atoms with Crippen molar-refractivity contribution in [1.29, 1.82) is 0 Å². The Balaban J connectivity index is 1.66. The van der Waals surface area contributed by atoms with Gasteiger partial charge in [-0.25, -0.2) is 4.98 Å². The highest BCUT2D eigenvalue weighted by atomic mass is 16.1. The van der Waals surface area contributed by atoms with Crippen LogP contribution in [0.4, 0.5) is 17.3 Å². The molecule has 1 aromatic heterocycles. The second-order valence-electron chi connectivity index (χ2n) is 6.04. The van der Waals surface area contributed by atoms with Gasteiger partial charge in [-0.3, -0.25) is 4.79 Å². The number of para-hydroxylation sites is 3. The van der Waals surface area contributed by atoms with Crippen LogP contribution >= 0.6 is 0 Å². The maximum Gasteiger partial charge on any atom is 0.257 e. The fourth-order valence-corrected chi connectivity index (χ4v) is 3.03. The summed E-state index contributed by atoms with van der Waals surface area (Å²) in [6.07, 6.45) is 0. The summed E-state index contributed by atoms with van der Waals surface area (Å²) in [5.74, 6) is 0.581. The molecule has 0 radical (unpaired) electrons. The summed E-state index contributed by atoms with van der Waals surface area (Å²) in [5.41, 5.74) is 9.09. The number of hydrogen-bond acceptors (Lipinski definition) is 5. The fourth-order valence-electron chi connectivity index (χ4n) is 3.03. The van der Waals surface area contributed by atoms with Crippen LogP contribution in [0.1, 0.15) is 10.4 Å². The minimum absolute atomic E-state index is 0.220. The molecule has 7 heteroatoms. The Hall–Kier alpha value is -3.06. The van der Waals surface area contributed by atoms with Gasteiger partial charge in [0.15, 0.2) is 0 Å². The van der Waals surface area contributed by atoms with Gasteiger partial charge >= 0.3 is 0 Å². The minimum atomic E-state index is -0.220. The maximum absolute atomic E-state index is 12.7. The van der Waals surface area contributed by atoms with Crippen LogP contribution in [-0.4, -0.2) is 42.1 Å². The van der Waals surface area contributed by atoms with Crippen LogP contribution in [-0.2, 0) is 0 Å². The van der Waals surface area contributed by atoms with Crippen LogP contribution in [0.3, 0.4) is 0 Å². The first-order chi connectivity index (χ1) is 12.2. The average molecular weight is 336 g/mol. The molecular formula is C18H20N6O. The zero-order valence-corrected chi connectivity index (χ0v) is 13.7. The molecule has 0 aliphatic carbocycles. The maximum atomic E-state index is 12.7. The van der Waals surface area contributed by atoms with Gasteiger partial charge in [-0.15, -0.1) is 0 Å². The highest BCUT2D eigenvalue weighted by molar-refractivity contribution is 6.12. The Morgan fingerprint density at radius 3 is 2.72 bits per heavy atom. The van der Waals surface area contributed by atoms with Crippen molar-refractivity contribution < 1.29 is 4.79 Å². The van der Waals surface area contributed by atoms with Gasteiger partial charge in [0.05, 0.1) is 22.5 Å². The molecule has 1 aliphatic heterocycles. The van der Waals surface area contributed by atoms with Crippen molar-refractivity contribution in [3.63, 3.8) is 0 Å². The number of nitrogen functional groups attached to an aromatic ring is 1. The Morgan fingerprint density at radius 2 is 1.92 bits per heavy atom. The van der Waals surface area contributed by atoms with Gasteiger partial charge in [0.1, 0.15) is 5.52 Å². The average Bonchev–Trinajstić information content (AvgIpc) is 3.08. The molecule has 0 atom stereocenters. The van der Waals surface area contributed by atoms with Gasteiger partial charge in [-0.1, -0.05) is 18.2 Å². The molecule has 1 saturated heterocycles. The van der Waals surface area contributed by atoms with Crippen LogP contribution in [0.5, 0.6) is 0 Å². The van der Waals surface area contributed by atoms with E-state index in [0.29, 0.717) is 22.5 Å². The van der Waals surface area contributed by atoms with Crippen molar-refractivity contribution in [2.45, 2.75) is 0 Å². The number of rotatable bonds is 3. The second kappa shape index (κ2) is 6.45. The highest BCUT2D eigenvalue weighted by Crippen LogP contribution is 2.23. The lowest BCUT2D eigenvalue weighted by molar-refractivity contribution is 0.102. The minimum Gasteiger partial charge on any atom is -0.397 e. The van der Waals surface area contributed by atoms with Gasteiger partial charge in [0.25, 0.3) is 5.91 Å². The predicted octanol–water partition coefficient (Wildman–Crippen LogP) is 1.81. The molecule has 0 saturated carbocycles. The van der Waals surface area contributed by atoms with Gasteiger partial charge in [-0.2, -0.15) is 0 Å². The summed E-state index contributed by atoms with van der Waals surface area (Å²) in [4.78, 5) is 22.9. The van der Waals surface area contributed by atoms with Crippen LogP contribution in [0, 0.1) is 0 Å². The molecule has 128 valence electrons. The number of carbonyl (C=O) groups excluding carboxylic acids is 1. The first-order valence-electron chi connectivity index (χ1n) is 8.32. The van der Waals surface area contributed by atoms with Crippen LogP contribution < -0.4 is 21.3 Å². The van der Waals surface area contributed by atoms with E-state index in [1.54, 1.807) is 18.2 Å². The van der Waals surface area contributed by atoms with Gasteiger partial charge in [0, 0.05) is 26.2 Å². The van der Waals surface area contributed by atoms with Gasteiger partial charge < -0.3 is 26.3 Å². The third kappa shape index (κ3) is 3.01. The van der Waals surface area contributed by atoms with Crippen LogP contribution in [0.15, 0.2) is 42.5 Å². The van der Waals surface area contributed by atoms with E-state index in [0.717, 1.165) is 37.6 Å². The smallest absolute Gasteiger partial charge is 0.257 e. The first kappa shape index (κ1) is 15.5. The quantitative estimate of drug-likeness (QED) is 0.547. The SMILES string of the molecule is Nc1ccccc1NC(=O)c1cccc2[nH]c(N3CCNCC3)nc12. The lowest BCUT2D eigenvalue weighted by Gasteiger charge is -2.26. The van der Waals surface area contributed by atoms with Crippen molar-refractivity contribution in [2.24, 2.45) is 0 Å². The molecule has 0 bridgehead atoms. The van der Waals surface area contributed by atoms with E-state index in [2.05, 4.69) is 25.5 Å². The number of nitrogens with zero attached hydrogens (tertiary/aromatic N) is 2. The Morgan fingerprint density at radius 1 is 1.12 bits per heavy atom. The zero-order chi connectivity index (χ0) is 17.2. The molecule has 1 fully saturated rings. The van der Waals surface area contributed by atoms with E-state index >= 15 is 0 Å². The summed E-state index contributed by atoms with van der Waals surface area (Å²) < 4.78 is 0. The van der Waals surface area contributed by atoms with Crippen molar-refractivity contribution >= 4 is 34.3 Å². The number of hydrogen-bond donors (Lipinski definition) is 4. The number of anilines is 3. The molecule has 2 aromatic carbocycles. The number of fused-ring (bicyclic) bond motifs is 1. The number of piperazine rings is 1. The molecule has 3 aromatic rings. The molecule has 0 spiro atoms. The van der Waals surface area contributed by atoms with E-state index < -0.39 is 0 Å². The van der Waals surface area contributed by atoms with E-state index in [1.165, 1.54) is 0 Å². The Bertz CT molecular complexity index is 913. The highest BCUT2D eigenvalue weighted by Gasteiger charge is 2.18. The summed E-state index contributed by atoms with van der Waals surface area (Å²) in [5, 5.41) is 6.19. The molecule has 1 amide bonds. The topological polar surface area (TPSA) is 99.1 Å². The molecule has 5 N–H and O–H groups in total. The lowest BCUT2D eigenvalue weighted by atomic mass is 10.1. The third-order valence-corrected chi connectivity index (χ3v) is 4.37. The first-order valence-corrected chi connectivity index (χ1v) is 8.32. The normalized spacial score (nSPS) is 14.6. The molecule has 0 unspecified atom stereocenters. The third-order valence-electron chi connectivity index (χ3n) is 4.37. The molecule has 1 aliphatic rings. The van der Waals surface area contributed by atoms with Crippen molar-refractivity contribution in [3.8, 4) is 0 Å². The van der Waals surface area contributed by atoms with Gasteiger partial charge in [-0.05, 0) is 24.3 Å². The lowest BCUT2D eigenvalue weighted by Crippen LogP contribution is -2.44. The second-order valence-corrected chi connectivity index (χ2v) is 6.04. The molecular weight excluding hydrogens is 316 g/mol. The van der Waals surface area contributed by atoms with Gasteiger partial charge in [0.2, 0.25) is 5.95 Å². The number of nitrogens with two attached hydrogens (primary N) is 1. The number of aromatic amines is 1.